The molecule has 0 saturated carbocycles. The summed E-state index contributed by atoms with van der Waals surface area (Å²) < 4.78 is 5.17. The first-order chi connectivity index (χ1) is 30.7. The molecule has 290 valence electrons. The third-order valence-electron chi connectivity index (χ3n) is 11.8. The average molecular weight is 826 g/mol. The number of pyridine rings is 1. The second kappa shape index (κ2) is 15.2. The minimum Gasteiger partial charge on any atom is -0.264 e. The largest absolute Gasteiger partial charge is 0.264 e. The van der Waals surface area contributed by atoms with Crippen LogP contribution in [0.1, 0.15) is 0 Å². The van der Waals surface area contributed by atoms with Gasteiger partial charge in [0.2, 0.25) is 0 Å². The standard InChI is InChI=1S/C57H35N3S2/c1-2-11-36(12-3-1)37-13-8-15-41(27-37)51-34-52(42-16-9-14-38(28-42)43-17-10-26-58-35-43)60-57(59-51)46-30-44(39-22-24-55-49(32-39)47-18-4-6-20-53(47)61-55)29-45(31-46)40-23-25-56-50(33-40)48-19-5-7-21-54(48)62-56/h1-35H. The SMILES string of the molecule is c1ccc(-c2cccc(-c3cc(-c4cccc(-c5cccnc5)c4)nc(-c4cc(-c5ccc6sc7ccccc7c6c5)cc(-c5ccc6sc7ccccc7c6c5)c4)n3)c2)cc1. The molecular formula is C57H35N3S2. The van der Waals surface area contributed by atoms with Crippen LogP contribution in [-0.2, 0) is 0 Å². The van der Waals surface area contributed by atoms with Gasteiger partial charge >= 0.3 is 0 Å². The van der Waals surface area contributed by atoms with Gasteiger partial charge in [-0.15, -0.1) is 22.7 Å². The highest BCUT2D eigenvalue weighted by molar-refractivity contribution is 7.26. The number of thiophene rings is 2. The lowest BCUT2D eigenvalue weighted by molar-refractivity contribution is 1.18. The number of hydrogen-bond donors (Lipinski definition) is 0. The van der Waals surface area contributed by atoms with Gasteiger partial charge in [-0.1, -0.05) is 121 Å². The van der Waals surface area contributed by atoms with Crippen LogP contribution < -0.4 is 0 Å². The molecule has 12 rings (SSSR count). The number of aromatic nitrogens is 3. The van der Waals surface area contributed by atoms with E-state index in [2.05, 4.69) is 199 Å². The Balaban J connectivity index is 1.08. The Kier molecular flexibility index (Phi) is 8.87. The quantitative estimate of drug-likeness (QED) is 0.161. The van der Waals surface area contributed by atoms with Gasteiger partial charge < -0.3 is 0 Å². The maximum absolute atomic E-state index is 5.43. The summed E-state index contributed by atoms with van der Waals surface area (Å²) >= 11 is 3.69. The van der Waals surface area contributed by atoms with E-state index in [-0.39, 0.29) is 0 Å². The van der Waals surface area contributed by atoms with Crippen molar-refractivity contribution in [1.82, 2.24) is 15.0 Å². The van der Waals surface area contributed by atoms with Gasteiger partial charge in [0.15, 0.2) is 5.82 Å². The molecule has 0 N–H and O–H groups in total. The van der Waals surface area contributed by atoms with Crippen LogP contribution in [0.3, 0.4) is 0 Å². The third kappa shape index (κ3) is 6.65. The molecule has 62 heavy (non-hydrogen) atoms. The Morgan fingerprint density at radius 1 is 0.274 bits per heavy atom. The first-order valence-electron chi connectivity index (χ1n) is 20.7. The molecule has 0 fully saturated rings. The highest BCUT2D eigenvalue weighted by Crippen LogP contribution is 2.41. The van der Waals surface area contributed by atoms with Crippen molar-refractivity contribution in [2.45, 2.75) is 0 Å². The minimum atomic E-state index is 0.668. The highest BCUT2D eigenvalue weighted by atomic mass is 32.1. The Morgan fingerprint density at radius 3 is 1.31 bits per heavy atom. The molecule has 4 heterocycles. The lowest BCUT2D eigenvalue weighted by Crippen LogP contribution is -1.97. The maximum Gasteiger partial charge on any atom is 0.160 e. The normalized spacial score (nSPS) is 11.5. The molecule has 0 aliphatic rings. The van der Waals surface area contributed by atoms with Gasteiger partial charge in [-0.2, -0.15) is 0 Å². The van der Waals surface area contributed by atoms with E-state index in [4.69, 9.17) is 9.97 Å². The van der Waals surface area contributed by atoms with Crippen molar-refractivity contribution in [2.24, 2.45) is 0 Å². The summed E-state index contributed by atoms with van der Waals surface area (Å²) in [6.45, 7) is 0. The van der Waals surface area contributed by atoms with E-state index in [1.165, 1.54) is 40.3 Å². The van der Waals surface area contributed by atoms with Crippen LogP contribution in [0.15, 0.2) is 213 Å². The number of fused-ring (bicyclic) bond motifs is 6. The minimum absolute atomic E-state index is 0.668. The summed E-state index contributed by atoms with van der Waals surface area (Å²) in [5.41, 5.74) is 13.7. The third-order valence-corrected chi connectivity index (χ3v) is 14.1. The van der Waals surface area contributed by atoms with Gasteiger partial charge in [0.1, 0.15) is 0 Å². The first kappa shape index (κ1) is 36.3. The first-order valence-corrected chi connectivity index (χ1v) is 22.3. The molecule has 0 saturated heterocycles. The van der Waals surface area contributed by atoms with Crippen LogP contribution in [0, 0.1) is 0 Å². The molecular weight excluding hydrogens is 791 g/mol. The molecule has 0 aliphatic carbocycles. The molecule has 0 aliphatic heterocycles. The number of nitrogens with zero attached hydrogens (tertiary/aromatic N) is 3. The van der Waals surface area contributed by atoms with Gasteiger partial charge in [0.25, 0.3) is 0 Å². The molecule has 0 amide bonds. The zero-order chi connectivity index (χ0) is 41.0. The fourth-order valence-electron chi connectivity index (χ4n) is 8.65. The zero-order valence-corrected chi connectivity index (χ0v) is 35.0. The van der Waals surface area contributed by atoms with Crippen molar-refractivity contribution in [1.29, 1.82) is 0 Å². The monoisotopic (exact) mass is 825 g/mol. The van der Waals surface area contributed by atoms with Crippen LogP contribution in [0.25, 0.3) is 119 Å². The average Bonchev–Trinajstić information content (AvgIpc) is 3.92. The Labute approximate surface area is 366 Å². The molecule has 0 atom stereocenters. The fraction of sp³-hybridized carbons (Fsp3) is 0. The maximum atomic E-state index is 5.43. The fourth-order valence-corrected chi connectivity index (χ4v) is 10.8. The van der Waals surface area contributed by atoms with Gasteiger partial charge in [-0.3, -0.25) is 4.98 Å². The van der Waals surface area contributed by atoms with Crippen molar-refractivity contribution >= 4 is 63.0 Å². The van der Waals surface area contributed by atoms with E-state index in [1.54, 1.807) is 0 Å². The van der Waals surface area contributed by atoms with Crippen LogP contribution in [0.2, 0.25) is 0 Å². The molecule has 0 spiro atoms. The Hall–Kier alpha value is -7.57. The molecule has 0 unspecified atom stereocenters. The summed E-state index contributed by atoms with van der Waals surface area (Å²) in [6, 6.07) is 72.0. The lowest BCUT2D eigenvalue weighted by Gasteiger charge is -2.14. The van der Waals surface area contributed by atoms with Gasteiger partial charge in [0.05, 0.1) is 11.4 Å². The van der Waals surface area contributed by atoms with E-state index < -0.39 is 0 Å². The predicted octanol–water partition coefficient (Wildman–Crippen LogP) is 16.3. The van der Waals surface area contributed by atoms with Crippen molar-refractivity contribution in [3.8, 4) is 78.4 Å². The van der Waals surface area contributed by atoms with Crippen molar-refractivity contribution < 1.29 is 0 Å². The molecule has 4 aromatic heterocycles. The van der Waals surface area contributed by atoms with Gasteiger partial charge in [-0.05, 0) is 118 Å². The van der Waals surface area contributed by atoms with Crippen molar-refractivity contribution in [3.05, 3.63) is 213 Å². The molecule has 12 aromatic rings. The molecule has 3 nitrogen and oxygen atoms in total. The van der Waals surface area contributed by atoms with E-state index in [0.29, 0.717) is 5.82 Å². The second-order valence-corrected chi connectivity index (χ2v) is 17.8. The van der Waals surface area contributed by atoms with Crippen LogP contribution >= 0.6 is 22.7 Å². The van der Waals surface area contributed by atoms with Crippen LogP contribution in [0.4, 0.5) is 0 Å². The molecule has 0 bridgehead atoms. The van der Waals surface area contributed by atoms with E-state index >= 15 is 0 Å². The number of benzene rings is 8. The van der Waals surface area contributed by atoms with Crippen LogP contribution in [0.5, 0.6) is 0 Å². The Morgan fingerprint density at radius 2 is 0.726 bits per heavy atom. The number of hydrogen-bond acceptors (Lipinski definition) is 5. The predicted molar refractivity (Wildman–Crippen MR) is 264 cm³/mol. The zero-order valence-electron chi connectivity index (χ0n) is 33.4. The lowest BCUT2D eigenvalue weighted by atomic mass is 9.94. The van der Waals surface area contributed by atoms with E-state index in [0.717, 1.165) is 72.6 Å². The summed E-state index contributed by atoms with van der Waals surface area (Å²) in [6.07, 6.45) is 3.72. The summed E-state index contributed by atoms with van der Waals surface area (Å²) in [5.74, 6) is 0.668. The molecule has 8 aromatic carbocycles. The summed E-state index contributed by atoms with van der Waals surface area (Å²) in [5, 5.41) is 5.11. The molecule has 5 heteroatoms. The van der Waals surface area contributed by atoms with Crippen LogP contribution in [-0.4, -0.2) is 15.0 Å². The van der Waals surface area contributed by atoms with E-state index in [1.807, 2.05) is 41.1 Å². The summed E-state index contributed by atoms with van der Waals surface area (Å²) in [7, 11) is 0. The summed E-state index contributed by atoms with van der Waals surface area (Å²) in [4.78, 5) is 15.3. The van der Waals surface area contributed by atoms with Crippen molar-refractivity contribution in [3.63, 3.8) is 0 Å². The van der Waals surface area contributed by atoms with Crippen molar-refractivity contribution in [2.75, 3.05) is 0 Å². The van der Waals surface area contributed by atoms with Gasteiger partial charge in [0, 0.05) is 75.0 Å². The van der Waals surface area contributed by atoms with Gasteiger partial charge in [-0.25, -0.2) is 9.97 Å². The highest BCUT2D eigenvalue weighted by Gasteiger charge is 2.17. The second-order valence-electron chi connectivity index (χ2n) is 15.6. The topological polar surface area (TPSA) is 38.7 Å². The Bertz CT molecular complexity index is 3410. The number of rotatable bonds is 7. The smallest absolute Gasteiger partial charge is 0.160 e. The van der Waals surface area contributed by atoms with E-state index in [9.17, 15) is 0 Å². The molecule has 0 radical (unpaired) electrons.